The van der Waals surface area contributed by atoms with Gasteiger partial charge in [-0.2, -0.15) is 0 Å². The fourth-order valence-corrected chi connectivity index (χ4v) is 1.31. The minimum atomic E-state index is 0.643. The predicted octanol–water partition coefficient (Wildman–Crippen LogP) is 1.57. The van der Waals surface area contributed by atoms with Crippen molar-refractivity contribution in [2.24, 2.45) is 0 Å². The van der Waals surface area contributed by atoms with E-state index in [0.29, 0.717) is 5.56 Å². The molecule has 0 aliphatic carbocycles. The van der Waals surface area contributed by atoms with Crippen molar-refractivity contribution in [3.05, 3.63) is 29.3 Å². The highest BCUT2D eigenvalue weighted by Crippen LogP contribution is 2.20. The number of methoxy groups -OCH3 is 1. The SMILES string of the molecule is COc1cc(C=O)ccc1CN(C)C. The van der Waals surface area contributed by atoms with Crippen LogP contribution in [0.1, 0.15) is 15.9 Å². The molecule has 0 atom stereocenters. The second-order valence-corrected chi connectivity index (χ2v) is 3.43. The van der Waals surface area contributed by atoms with E-state index in [1.807, 2.05) is 20.2 Å². The lowest BCUT2D eigenvalue weighted by molar-refractivity contribution is 0.112. The van der Waals surface area contributed by atoms with E-state index in [0.717, 1.165) is 24.1 Å². The first-order valence-electron chi connectivity index (χ1n) is 4.44. The third-order valence-electron chi connectivity index (χ3n) is 1.93. The Morgan fingerprint density at radius 1 is 1.43 bits per heavy atom. The fraction of sp³-hybridized carbons (Fsp3) is 0.364. The van der Waals surface area contributed by atoms with Crippen molar-refractivity contribution < 1.29 is 9.53 Å². The summed E-state index contributed by atoms with van der Waals surface area (Å²) in [6.07, 6.45) is 0.821. The van der Waals surface area contributed by atoms with E-state index in [4.69, 9.17) is 4.74 Å². The Morgan fingerprint density at radius 3 is 2.64 bits per heavy atom. The molecule has 0 saturated heterocycles. The van der Waals surface area contributed by atoms with Gasteiger partial charge in [0.15, 0.2) is 0 Å². The van der Waals surface area contributed by atoms with Crippen molar-refractivity contribution >= 4 is 6.29 Å². The van der Waals surface area contributed by atoms with Crippen molar-refractivity contribution in [1.82, 2.24) is 4.90 Å². The van der Waals surface area contributed by atoms with Crippen LogP contribution >= 0.6 is 0 Å². The van der Waals surface area contributed by atoms with E-state index in [1.165, 1.54) is 0 Å². The lowest BCUT2D eigenvalue weighted by Gasteiger charge is -2.13. The monoisotopic (exact) mass is 193 g/mol. The van der Waals surface area contributed by atoms with Crippen LogP contribution in [0.4, 0.5) is 0 Å². The molecule has 3 heteroatoms. The number of ether oxygens (including phenoxy) is 1. The maximum Gasteiger partial charge on any atom is 0.150 e. The molecule has 1 aromatic rings. The van der Waals surface area contributed by atoms with Gasteiger partial charge in [0, 0.05) is 17.7 Å². The number of carbonyl (C=O) groups excluding carboxylic acids is 1. The molecule has 0 unspecified atom stereocenters. The van der Waals surface area contributed by atoms with Gasteiger partial charge in [-0.1, -0.05) is 12.1 Å². The minimum Gasteiger partial charge on any atom is -0.496 e. The fourth-order valence-electron chi connectivity index (χ4n) is 1.31. The molecule has 14 heavy (non-hydrogen) atoms. The van der Waals surface area contributed by atoms with Crippen LogP contribution in [0.3, 0.4) is 0 Å². The van der Waals surface area contributed by atoms with Gasteiger partial charge >= 0.3 is 0 Å². The van der Waals surface area contributed by atoms with Crippen molar-refractivity contribution in [3.63, 3.8) is 0 Å². The molecule has 0 amide bonds. The molecule has 1 rings (SSSR count). The van der Waals surface area contributed by atoms with Crippen LogP contribution in [0, 0.1) is 0 Å². The molecule has 0 bridgehead atoms. The van der Waals surface area contributed by atoms with Gasteiger partial charge in [-0.15, -0.1) is 0 Å². The van der Waals surface area contributed by atoms with E-state index < -0.39 is 0 Å². The van der Waals surface area contributed by atoms with Crippen molar-refractivity contribution in [3.8, 4) is 5.75 Å². The topological polar surface area (TPSA) is 29.5 Å². The molecule has 0 radical (unpaired) electrons. The lowest BCUT2D eigenvalue weighted by Crippen LogP contribution is -2.11. The molecule has 76 valence electrons. The molecule has 0 heterocycles. The predicted molar refractivity (Wildman–Crippen MR) is 55.8 cm³/mol. The number of nitrogens with zero attached hydrogens (tertiary/aromatic N) is 1. The standard InChI is InChI=1S/C11H15NO2/c1-12(2)7-10-5-4-9(8-13)6-11(10)14-3/h4-6,8H,7H2,1-3H3. The Balaban J connectivity index is 2.98. The molecule has 0 spiro atoms. The number of carbonyl (C=O) groups is 1. The Labute approximate surface area is 84.3 Å². The molecule has 0 fully saturated rings. The molecule has 1 aromatic carbocycles. The van der Waals surface area contributed by atoms with Crippen molar-refractivity contribution in [2.75, 3.05) is 21.2 Å². The third-order valence-corrected chi connectivity index (χ3v) is 1.93. The largest absolute Gasteiger partial charge is 0.496 e. The van der Waals surface area contributed by atoms with Gasteiger partial charge in [0.2, 0.25) is 0 Å². The summed E-state index contributed by atoms with van der Waals surface area (Å²) in [5, 5.41) is 0. The van der Waals surface area contributed by atoms with Gasteiger partial charge in [0.05, 0.1) is 7.11 Å². The van der Waals surface area contributed by atoms with Crippen LogP contribution in [-0.4, -0.2) is 32.4 Å². The molecular weight excluding hydrogens is 178 g/mol. The molecule has 0 saturated carbocycles. The van der Waals surface area contributed by atoms with E-state index in [9.17, 15) is 4.79 Å². The first-order chi connectivity index (χ1) is 6.67. The van der Waals surface area contributed by atoms with E-state index in [2.05, 4.69) is 4.90 Å². The van der Waals surface area contributed by atoms with Crippen molar-refractivity contribution in [1.29, 1.82) is 0 Å². The van der Waals surface area contributed by atoms with Gasteiger partial charge in [-0.3, -0.25) is 4.79 Å². The van der Waals surface area contributed by atoms with Gasteiger partial charge in [0.25, 0.3) is 0 Å². The summed E-state index contributed by atoms with van der Waals surface area (Å²) in [6.45, 7) is 0.808. The highest BCUT2D eigenvalue weighted by atomic mass is 16.5. The minimum absolute atomic E-state index is 0.643. The zero-order chi connectivity index (χ0) is 10.6. The first kappa shape index (κ1) is 10.7. The highest BCUT2D eigenvalue weighted by Gasteiger charge is 2.04. The molecule has 0 aliphatic rings. The van der Waals surface area contributed by atoms with Gasteiger partial charge < -0.3 is 9.64 Å². The summed E-state index contributed by atoms with van der Waals surface area (Å²) in [4.78, 5) is 12.6. The average Bonchev–Trinajstić information content (AvgIpc) is 2.17. The Kier molecular flexibility index (Phi) is 3.65. The van der Waals surface area contributed by atoms with Crippen LogP contribution < -0.4 is 4.74 Å². The zero-order valence-electron chi connectivity index (χ0n) is 8.78. The Bertz CT molecular complexity index is 321. The number of benzene rings is 1. The summed E-state index contributed by atoms with van der Waals surface area (Å²) in [6, 6.07) is 5.47. The molecule has 0 aliphatic heterocycles. The van der Waals surface area contributed by atoms with Crippen LogP contribution in [0.2, 0.25) is 0 Å². The smallest absolute Gasteiger partial charge is 0.150 e. The van der Waals surface area contributed by atoms with Crippen LogP contribution in [0.15, 0.2) is 18.2 Å². The third kappa shape index (κ3) is 2.57. The van der Waals surface area contributed by atoms with E-state index in [-0.39, 0.29) is 0 Å². The summed E-state index contributed by atoms with van der Waals surface area (Å²) >= 11 is 0. The second-order valence-electron chi connectivity index (χ2n) is 3.43. The molecular formula is C11H15NO2. The van der Waals surface area contributed by atoms with Crippen LogP contribution in [0.25, 0.3) is 0 Å². The summed E-state index contributed by atoms with van der Waals surface area (Å²) in [5.41, 5.74) is 1.73. The normalized spacial score (nSPS) is 10.3. The van der Waals surface area contributed by atoms with Crippen molar-refractivity contribution in [2.45, 2.75) is 6.54 Å². The van der Waals surface area contributed by atoms with E-state index in [1.54, 1.807) is 19.2 Å². The van der Waals surface area contributed by atoms with Gasteiger partial charge in [0.1, 0.15) is 12.0 Å². The highest BCUT2D eigenvalue weighted by molar-refractivity contribution is 5.75. The number of rotatable bonds is 4. The quantitative estimate of drug-likeness (QED) is 0.680. The van der Waals surface area contributed by atoms with Gasteiger partial charge in [-0.05, 0) is 20.2 Å². The zero-order valence-corrected chi connectivity index (χ0v) is 8.78. The maximum absolute atomic E-state index is 10.5. The summed E-state index contributed by atoms with van der Waals surface area (Å²) < 4.78 is 5.20. The summed E-state index contributed by atoms with van der Waals surface area (Å²) in [7, 11) is 5.60. The average molecular weight is 193 g/mol. The van der Waals surface area contributed by atoms with Gasteiger partial charge in [-0.25, -0.2) is 0 Å². The Hall–Kier alpha value is -1.35. The summed E-state index contributed by atoms with van der Waals surface area (Å²) in [5.74, 6) is 0.767. The number of hydrogen-bond acceptors (Lipinski definition) is 3. The Morgan fingerprint density at radius 2 is 2.14 bits per heavy atom. The van der Waals surface area contributed by atoms with Crippen LogP contribution in [-0.2, 0) is 6.54 Å². The molecule has 0 N–H and O–H groups in total. The molecule has 0 aromatic heterocycles. The second kappa shape index (κ2) is 4.77. The maximum atomic E-state index is 10.5. The lowest BCUT2D eigenvalue weighted by atomic mass is 10.1. The molecule has 3 nitrogen and oxygen atoms in total. The first-order valence-corrected chi connectivity index (χ1v) is 4.44. The number of aldehydes is 1. The van der Waals surface area contributed by atoms with Crippen LogP contribution in [0.5, 0.6) is 5.75 Å². The van der Waals surface area contributed by atoms with E-state index >= 15 is 0 Å². The number of hydrogen-bond donors (Lipinski definition) is 0.